The van der Waals surface area contributed by atoms with Crippen LogP contribution in [0.1, 0.15) is 39.7 Å². The highest BCUT2D eigenvalue weighted by atomic mass is 32.2. The number of hydrogen-bond donors (Lipinski definition) is 2. The lowest BCUT2D eigenvalue weighted by Gasteiger charge is -2.20. The van der Waals surface area contributed by atoms with Gasteiger partial charge in [0.1, 0.15) is 0 Å². The van der Waals surface area contributed by atoms with E-state index in [-0.39, 0.29) is 11.4 Å². The van der Waals surface area contributed by atoms with Gasteiger partial charge < -0.3 is 11.1 Å². The standard InChI is InChI=1S/C11H19N5OS/c1-11(2,3)13-8(17)6-18-10-15-14-9(12)16(10)7-4-5-7/h7H,4-6H2,1-3H3,(H2,12,14)(H,13,17). The van der Waals surface area contributed by atoms with Gasteiger partial charge in [-0.05, 0) is 33.6 Å². The molecule has 1 aliphatic carbocycles. The van der Waals surface area contributed by atoms with Crippen molar-refractivity contribution in [3.8, 4) is 0 Å². The molecule has 0 radical (unpaired) electrons. The monoisotopic (exact) mass is 269 g/mol. The van der Waals surface area contributed by atoms with Gasteiger partial charge in [0, 0.05) is 11.6 Å². The van der Waals surface area contributed by atoms with Crippen molar-refractivity contribution in [3.63, 3.8) is 0 Å². The number of anilines is 1. The predicted molar refractivity (Wildman–Crippen MR) is 71.3 cm³/mol. The van der Waals surface area contributed by atoms with Crippen LogP contribution in [0.2, 0.25) is 0 Å². The van der Waals surface area contributed by atoms with Crippen LogP contribution in [0, 0.1) is 0 Å². The number of rotatable bonds is 4. The Morgan fingerprint density at radius 1 is 1.50 bits per heavy atom. The Morgan fingerprint density at radius 2 is 2.17 bits per heavy atom. The molecular formula is C11H19N5OS. The van der Waals surface area contributed by atoms with Crippen molar-refractivity contribution >= 4 is 23.6 Å². The van der Waals surface area contributed by atoms with Gasteiger partial charge in [0.25, 0.3) is 0 Å². The summed E-state index contributed by atoms with van der Waals surface area (Å²) in [5.41, 5.74) is 5.56. The zero-order valence-corrected chi connectivity index (χ0v) is 11.8. The van der Waals surface area contributed by atoms with Crippen LogP contribution in [0.3, 0.4) is 0 Å². The highest BCUT2D eigenvalue weighted by molar-refractivity contribution is 7.99. The molecule has 0 aliphatic heterocycles. The number of nitrogen functional groups attached to an aromatic ring is 1. The normalized spacial score (nSPS) is 15.7. The summed E-state index contributed by atoms with van der Waals surface area (Å²) in [5, 5.41) is 11.5. The third kappa shape index (κ3) is 3.38. The summed E-state index contributed by atoms with van der Waals surface area (Å²) in [6, 6.07) is 0.424. The van der Waals surface area contributed by atoms with Crippen LogP contribution in [0.25, 0.3) is 0 Å². The maximum atomic E-state index is 11.7. The number of carbonyl (C=O) groups excluding carboxylic acids is 1. The first-order valence-electron chi connectivity index (χ1n) is 6.01. The van der Waals surface area contributed by atoms with Gasteiger partial charge >= 0.3 is 0 Å². The summed E-state index contributed by atoms with van der Waals surface area (Å²) in [5.74, 6) is 0.773. The van der Waals surface area contributed by atoms with E-state index in [0.717, 1.165) is 18.0 Å². The third-order valence-corrected chi connectivity index (χ3v) is 3.39. The highest BCUT2D eigenvalue weighted by Crippen LogP contribution is 2.39. The Morgan fingerprint density at radius 3 is 2.72 bits per heavy atom. The van der Waals surface area contributed by atoms with Crippen LogP contribution in [0.15, 0.2) is 5.16 Å². The van der Waals surface area contributed by atoms with Gasteiger partial charge in [-0.2, -0.15) is 0 Å². The van der Waals surface area contributed by atoms with Gasteiger partial charge in [0.2, 0.25) is 11.9 Å². The van der Waals surface area contributed by atoms with E-state index in [1.54, 1.807) is 0 Å². The van der Waals surface area contributed by atoms with Gasteiger partial charge in [-0.15, -0.1) is 10.2 Å². The number of nitrogens with two attached hydrogens (primary N) is 1. The SMILES string of the molecule is CC(C)(C)NC(=O)CSc1nnc(N)n1C1CC1. The molecule has 100 valence electrons. The number of nitrogens with zero attached hydrogens (tertiary/aromatic N) is 3. The number of nitrogens with one attached hydrogen (secondary N) is 1. The fourth-order valence-corrected chi connectivity index (χ4v) is 2.46. The summed E-state index contributed by atoms with van der Waals surface area (Å²) < 4.78 is 1.93. The fraction of sp³-hybridized carbons (Fsp3) is 0.727. The number of thioether (sulfide) groups is 1. The maximum absolute atomic E-state index is 11.7. The number of amides is 1. The van der Waals surface area contributed by atoms with E-state index in [9.17, 15) is 4.79 Å². The minimum atomic E-state index is -0.208. The van der Waals surface area contributed by atoms with Crippen LogP contribution < -0.4 is 11.1 Å². The van der Waals surface area contributed by atoms with Crippen molar-refractivity contribution in [1.82, 2.24) is 20.1 Å². The summed E-state index contributed by atoms with van der Waals surface area (Å²) in [4.78, 5) is 11.7. The summed E-state index contributed by atoms with van der Waals surface area (Å²) >= 11 is 1.38. The van der Waals surface area contributed by atoms with Crippen LogP contribution in [-0.2, 0) is 4.79 Å². The van der Waals surface area contributed by atoms with E-state index >= 15 is 0 Å². The molecular weight excluding hydrogens is 250 g/mol. The second kappa shape index (κ2) is 4.79. The van der Waals surface area contributed by atoms with Crippen molar-refractivity contribution in [2.45, 2.75) is 50.4 Å². The lowest BCUT2D eigenvalue weighted by molar-refractivity contribution is -0.119. The second-order valence-corrected chi connectivity index (χ2v) is 6.47. The molecule has 1 fully saturated rings. The molecule has 1 aromatic rings. The topological polar surface area (TPSA) is 85.8 Å². The van der Waals surface area contributed by atoms with E-state index in [2.05, 4.69) is 15.5 Å². The number of carbonyl (C=O) groups is 1. The Bertz CT molecular complexity index is 447. The Labute approximate surface area is 111 Å². The minimum absolute atomic E-state index is 0.00332. The molecule has 0 bridgehead atoms. The number of hydrogen-bond acceptors (Lipinski definition) is 5. The largest absolute Gasteiger partial charge is 0.368 e. The van der Waals surface area contributed by atoms with Crippen LogP contribution in [-0.4, -0.2) is 32.0 Å². The molecule has 0 saturated heterocycles. The van der Waals surface area contributed by atoms with E-state index in [0.29, 0.717) is 17.7 Å². The quantitative estimate of drug-likeness (QED) is 0.802. The molecule has 18 heavy (non-hydrogen) atoms. The highest BCUT2D eigenvalue weighted by Gasteiger charge is 2.29. The van der Waals surface area contributed by atoms with Gasteiger partial charge in [0.15, 0.2) is 5.16 Å². The molecule has 7 heteroatoms. The minimum Gasteiger partial charge on any atom is -0.368 e. The van der Waals surface area contributed by atoms with Gasteiger partial charge in [-0.25, -0.2) is 0 Å². The molecule has 1 amide bonds. The fourth-order valence-electron chi connectivity index (χ4n) is 1.65. The van der Waals surface area contributed by atoms with E-state index in [1.165, 1.54) is 11.8 Å². The van der Waals surface area contributed by atoms with Crippen molar-refractivity contribution < 1.29 is 4.79 Å². The summed E-state index contributed by atoms with van der Waals surface area (Å²) in [6.07, 6.45) is 2.23. The Balaban J connectivity index is 1.92. The molecule has 0 aromatic carbocycles. The molecule has 6 nitrogen and oxygen atoms in total. The smallest absolute Gasteiger partial charge is 0.230 e. The second-order valence-electron chi connectivity index (χ2n) is 5.53. The third-order valence-electron chi connectivity index (χ3n) is 2.45. The zero-order chi connectivity index (χ0) is 13.3. The average molecular weight is 269 g/mol. The first kappa shape index (κ1) is 13.2. The molecule has 0 unspecified atom stereocenters. The number of aromatic nitrogens is 3. The molecule has 1 aromatic heterocycles. The predicted octanol–water partition coefficient (Wildman–Crippen LogP) is 1.20. The average Bonchev–Trinajstić information content (AvgIpc) is 2.98. The van der Waals surface area contributed by atoms with Crippen LogP contribution in [0.4, 0.5) is 5.95 Å². The van der Waals surface area contributed by atoms with Crippen LogP contribution in [0.5, 0.6) is 0 Å². The molecule has 1 heterocycles. The van der Waals surface area contributed by atoms with Crippen molar-refractivity contribution in [2.75, 3.05) is 11.5 Å². The molecule has 0 atom stereocenters. The molecule has 2 rings (SSSR count). The summed E-state index contributed by atoms with van der Waals surface area (Å²) in [7, 11) is 0. The molecule has 3 N–H and O–H groups in total. The van der Waals surface area contributed by atoms with Crippen molar-refractivity contribution in [2.24, 2.45) is 0 Å². The van der Waals surface area contributed by atoms with Crippen molar-refractivity contribution in [1.29, 1.82) is 0 Å². The summed E-state index contributed by atoms with van der Waals surface area (Å²) in [6.45, 7) is 5.88. The van der Waals surface area contributed by atoms with E-state index in [1.807, 2.05) is 25.3 Å². The van der Waals surface area contributed by atoms with Crippen molar-refractivity contribution in [3.05, 3.63) is 0 Å². The van der Waals surface area contributed by atoms with Gasteiger partial charge in [-0.1, -0.05) is 11.8 Å². The molecule has 1 saturated carbocycles. The molecule has 1 aliphatic rings. The first-order chi connectivity index (χ1) is 8.37. The van der Waals surface area contributed by atoms with E-state index in [4.69, 9.17) is 5.73 Å². The van der Waals surface area contributed by atoms with Crippen LogP contribution >= 0.6 is 11.8 Å². The lowest BCUT2D eigenvalue weighted by atomic mass is 10.1. The van der Waals surface area contributed by atoms with Gasteiger partial charge in [-0.3, -0.25) is 9.36 Å². The first-order valence-corrected chi connectivity index (χ1v) is 6.99. The van der Waals surface area contributed by atoms with E-state index < -0.39 is 0 Å². The maximum Gasteiger partial charge on any atom is 0.230 e. The molecule has 0 spiro atoms. The zero-order valence-electron chi connectivity index (χ0n) is 10.9. The van der Waals surface area contributed by atoms with Gasteiger partial charge in [0.05, 0.1) is 5.75 Å². The Hall–Kier alpha value is -1.24. The Kier molecular flexibility index (Phi) is 3.52. The lowest BCUT2D eigenvalue weighted by Crippen LogP contribution is -2.41.